The number of Topliss-reactive ketones (excluding diaryl/α,β-unsaturated/α-hetero) is 1. The maximum atomic E-state index is 13.4. The minimum absolute atomic E-state index is 0.0531. The molecule has 194 valence electrons. The molecule has 2 aliphatic heterocycles. The van der Waals surface area contributed by atoms with Crippen LogP contribution in [0.25, 0.3) is 0 Å². The van der Waals surface area contributed by atoms with E-state index in [0.29, 0.717) is 32.1 Å². The Kier molecular flexibility index (Phi) is 8.83. The van der Waals surface area contributed by atoms with Crippen molar-refractivity contribution < 1.29 is 28.6 Å². The van der Waals surface area contributed by atoms with Gasteiger partial charge in [-0.25, -0.2) is 0 Å². The first-order valence-corrected chi connectivity index (χ1v) is 12.9. The molecule has 4 rings (SSSR count). The number of hydrogen-bond acceptors (Lipinski definition) is 7. The van der Waals surface area contributed by atoms with Gasteiger partial charge in [0, 0.05) is 26.2 Å². The van der Waals surface area contributed by atoms with Crippen molar-refractivity contribution in [1.82, 2.24) is 9.80 Å². The van der Waals surface area contributed by atoms with Gasteiger partial charge in [0.2, 0.25) is 5.78 Å². The number of rotatable bonds is 12. The number of carbonyl (C=O) groups is 2. The van der Waals surface area contributed by atoms with Crippen LogP contribution >= 0.6 is 0 Å². The molecule has 1 N–H and O–H groups in total. The van der Waals surface area contributed by atoms with Crippen molar-refractivity contribution in [2.75, 3.05) is 46.0 Å². The van der Waals surface area contributed by atoms with Crippen molar-refractivity contribution in [1.29, 1.82) is 0 Å². The van der Waals surface area contributed by atoms with Crippen LogP contribution in [0.2, 0.25) is 0 Å². The molecule has 1 atom stereocenters. The largest absolute Gasteiger partial charge is 0.503 e. The van der Waals surface area contributed by atoms with Crippen LogP contribution in [0.5, 0.6) is 5.75 Å². The molecule has 1 unspecified atom stereocenters. The highest BCUT2D eigenvalue weighted by atomic mass is 16.5. The van der Waals surface area contributed by atoms with Crippen LogP contribution in [-0.4, -0.2) is 72.6 Å². The Bertz CT molecular complexity index is 1070. The summed E-state index contributed by atoms with van der Waals surface area (Å²) in [5.41, 5.74) is 0.795. The first-order chi connectivity index (χ1) is 17.5. The van der Waals surface area contributed by atoms with Crippen LogP contribution in [-0.2, 0) is 9.53 Å². The standard InChI is InChI=1S/C28H36N2O6/c1-3-4-5-17-35-22-10-8-21(9-11-22)25-24(26(31)23-12-7-20(2)36-23)27(32)28(33)30(25)14-6-13-29-15-18-34-19-16-29/h7-12,25,32H,3-6,13-19H2,1-2H3. The number of nitrogens with zero attached hydrogens (tertiary/aromatic N) is 2. The Morgan fingerprint density at radius 3 is 2.47 bits per heavy atom. The molecule has 1 aromatic heterocycles. The number of carbonyl (C=O) groups excluding carboxylic acids is 2. The van der Waals surface area contributed by atoms with Crippen molar-refractivity contribution >= 4 is 11.7 Å². The van der Waals surface area contributed by atoms with E-state index in [-0.39, 0.29) is 11.3 Å². The van der Waals surface area contributed by atoms with Crippen LogP contribution in [0.3, 0.4) is 0 Å². The molecular formula is C28H36N2O6. The highest BCUT2D eigenvalue weighted by Crippen LogP contribution is 2.39. The fraction of sp³-hybridized carbons (Fsp3) is 0.500. The molecule has 2 aliphatic rings. The second-order valence-corrected chi connectivity index (χ2v) is 9.33. The Balaban J connectivity index is 1.55. The fourth-order valence-electron chi connectivity index (χ4n) is 4.73. The predicted molar refractivity (Wildman–Crippen MR) is 135 cm³/mol. The molecule has 1 saturated heterocycles. The number of furan rings is 1. The monoisotopic (exact) mass is 496 g/mol. The number of hydrogen-bond donors (Lipinski definition) is 1. The molecule has 0 saturated carbocycles. The fourth-order valence-corrected chi connectivity index (χ4v) is 4.73. The maximum Gasteiger partial charge on any atom is 0.290 e. The number of amides is 1. The van der Waals surface area contributed by atoms with Crippen molar-refractivity contribution in [2.24, 2.45) is 0 Å². The zero-order valence-electron chi connectivity index (χ0n) is 21.2. The van der Waals surface area contributed by atoms with E-state index < -0.39 is 23.5 Å². The van der Waals surface area contributed by atoms with Gasteiger partial charge in [-0.15, -0.1) is 0 Å². The third-order valence-corrected chi connectivity index (χ3v) is 6.70. The van der Waals surface area contributed by atoms with Crippen molar-refractivity contribution in [3.63, 3.8) is 0 Å². The minimum Gasteiger partial charge on any atom is -0.503 e. The van der Waals surface area contributed by atoms with E-state index in [2.05, 4.69) is 11.8 Å². The molecule has 3 heterocycles. The van der Waals surface area contributed by atoms with Gasteiger partial charge in [-0.1, -0.05) is 31.9 Å². The van der Waals surface area contributed by atoms with Crippen LogP contribution in [0.4, 0.5) is 0 Å². The third kappa shape index (κ3) is 5.99. The maximum absolute atomic E-state index is 13.4. The topological polar surface area (TPSA) is 92.5 Å². The molecular weight excluding hydrogens is 460 g/mol. The molecule has 2 aromatic rings. The number of ketones is 1. The second-order valence-electron chi connectivity index (χ2n) is 9.33. The van der Waals surface area contributed by atoms with E-state index in [0.717, 1.165) is 56.6 Å². The average molecular weight is 497 g/mol. The van der Waals surface area contributed by atoms with Gasteiger partial charge in [-0.2, -0.15) is 0 Å². The van der Waals surface area contributed by atoms with Gasteiger partial charge in [-0.3, -0.25) is 14.5 Å². The zero-order valence-corrected chi connectivity index (χ0v) is 21.2. The van der Waals surface area contributed by atoms with E-state index in [1.54, 1.807) is 24.0 Å². The number of aryl methyl sites for hydroxylation is 1. The number of aliphatic hydroxyl groups excluding tert-OH is 1. The zero-order chi connectivity index (χ0) is 25.5. The molecule has 0 spiro atoms. The molecule has 8 heteroatoms. The van der Waals surface area contributed by atoms with Crippen molar-refractivity contribution in [3.8, 4) is 5.75 Å². The first-order valence-electron chi connectivity index (χ1n) is 12.9. The Morgan fingerprint density at radius 2 is 1.81 bits per heavy atom. The van der Waals surface area contributed by atoms with E-state index in [1.165, 1.54) is 0 Å². The summed E-state index contributed by atoms with van der Waals surface area (Å²) in [5.74, 6) is -0.0849. The molecule has 0 radical (unpaired) electrons. The van der Waals surface area contributed by atoms with Crippen LogP contribution in [0, 0.1) is 6.92 Å². The number of benzene rings is 1. The van der Waals surface area contributed by atoms with Gasteiger partial charge < -0.3 is 23.9 Å². The van der Waals surface area contributed by atoms with Crippen LogP contribution < -0.4 is 4.74 Å². The van der Waals surface area contributed by atoms with Crippen LogP contribution in [0.15, 0.2) is 52.1 Å². The second kappa shape index (κ2) is 12.2. The number of morpholine rings is 1. The quantitative estimate of drug-likeness (QED) is 0.343. The lowest BCUT2D eigenvalue weighted by molar-refractivity contribution is -0.129. The lowest BCUT2D eigenvalue weighted by Crippen LogP contribution is -2.39. The Hall–Kier alpha value is -3.10. The minimum atomic E-state index is -0.700. The highest BCUT2D eigenvalue weighted by molar-refractivity contribution is 6.15. The Morgan fingerprint density at radius 1 is 1.06 bits per heavy atom. The van der Waals surface area contributed by atoms with Crippen molar-refractivity contribution in [2.45, 2.75) is 45.6 Å². The lowest BCUT2D eigenvalue weighted by atomic mass is 9.95. The summed E-state index contributed by atoms with van der Waals surface area (Å²) < 4.78 is 16.8. The predicted octanol–water partition coefficient (Wildman–Crippen LogP) is 4.46. The van der Waals surface area contributed by atoms with Gasteiger partial charge in [0.1, 0.15) is 11.5 Å². The smallest absolute Gasteiger partial charge is 0.290 e. The molecule has 0 bridgehead atoms. The SMILES string of the molecule is CCCCCOc1ccc(C2C(C(=O)c3ccc(C)o3)=C(O)C(=O)N2CCCN2CCOCC2)cc1. The number of unbranched alkanes of at least 4 members (excludes halogenated alkanes) is 2. The van der Waals surface area contributed by atoms with Gasteiger partial charge in [0.05, 0.1) is 31.4 Å². The summed E-state index contributed by atoms with van der Waals surface area (Å²) in [6.45, 7) is 8.91. The lowest BCUT2D eigenvalue weighted by Gasteiger charge is -2.30. The molecule has 1 aromatic carbocycles. The molecule has 8 nitrogen and oxygen atoms in total. The average Bonchev–Trinajstić information content (AvgIpc) is 3.44. The van der Waals surface area contributed by atoms with Crippen LogP contribution in [0.1, 0.15) is 60.5 Å². The molecule has 1 amide bonds. The molecule has 0 aliphatic carbocycles. The summed E-state index contributed by atoms with van der Waals surface area (Å²) in [7, 11) is 0. The van der Waals surface area contributed by atoms with E-state index >= 15 is 0 Å². The molecule has 1 fully saturated rings. The summed E-state index contributed by atoms with van der Waals surface area (Å²) in [6.07, 6.45) is 3.95. The molecule has 36 heavy (non-hydrogen) atoms. The van der Waals surface area contributed by atoms with Crippen molar-refractivity contribution in [3.05, 3.63) is 64.8 Å². The summed E-state index contributed by atoms with van der Waals surface area (Å²) >= 11 is 0. The number of ether oxygens (including phenoxy) is 2. The van der Waals surface area contributed by atoms with Gasteiger partial charge in [0.25, 0.3) is 5.91 Å². The Labute approximate surface area is 212 Å². The van der Waals surface area contributed by atoms with Gasteiger partial charge >= 0.3 is 0 Å². The number of aliphatic hydroxyl groups is 1. The van der Waals surface area contributed by atoms with Gasteiger partial charge in [-0.05, 0) is 49.6 Å². The highest BCUT2D eigenvalue weighted by Gasteiger charge is 2.44. The summed E-state index contributed by atoms with van der Waals surface area (Å²) in [5, 5.41) is 10.8. The first kappa shape index (κ1) is 26.0. The summed E-state index contributed by atoms with van der Waals surface area (Å²) in [6, 6.07) is 10.0. The van der Waals surface area contributed by atoms with Gasteiger partial charge in [0.15, 0.2) is 11.5 Å². The van der Waals surface area contributed by atoms with E-state index in [1.807, 2.05) is 24.3 Å². The van der Waals surface area contributed by atoms with E-state index in [9.17, 15) is 14.7 Å². The normalized spacial score (nSPS) is 18.8. The van der Waals surface area contributed by atoms with E-state index in [4.69, 9.17) is 13.9 Å². The summed E-state index contributed by atoms with van der Waals surface area (Å²) in [4.78, 5) is 30.5. The third-order valence-electron chi connectivity index (χ3n) is 6.70.